The average molecular weight is 252 g/mol. The van der Waals surface area contributed by atoms with Crippen molar-refractivity contribution >= 4 is 0 Å². The maximum Gasteiger partial charge on any atom is 0.123 e. The highest BCUT2D eigenvalue weighted by Crippen LogP contribution is 2.42. The number of ether oxygens (including phenoxy) is 3. The van der Waals surface area contributed by atoms with Gasteiger partial charge in [-0.05, 0) is 43.0 Å². The third kappa shape index (κ3) is 2.49. The molecule has 18 heavy (non-hydrogen) atoms. The number of hydrogen-bond acceptors (Lipinski definition) is 3. The van der Waals surface area contributed by atoms with Crippen molar-refractivity contribution < 1.29 is 18.6 Å². The number of hydrogen-bond donors (Lipinski definition) is 0. The molecule has 1 aliphatic carbocycles. The molecule has 1 aromatic rings. The summed E-state index contributed by atoms with van der Waals surface area (Å²) in [7, 11) is 0. The minimum Gasteiger partial charge on any atom is -0.493 e. The maximum atomic E-state index is 12.7. The van der Waals surface area contributed by atoms with E-state index in [1.807, 2.05) is 0 Å². The standard InChI is InChI=1S/C14H17FO3/c15-12-1-3-13(4-2-12)17-9-11-7-14(8-11)10-16-5-6-18-14/h1-4,11H,5-10H2. The summed E-state index contributed by atoms with van der Waals surface area (Å²) < 4.78 is 29.6. The fourth-order valence-corrected chi connectivity index (χ4v) is 2.71. The zero-order valence-corrected chi connectivity index (χ0v) is 10.2. The van der Waals surface area contributed by atoms with Gasteiger partial charge in [0.1, 0.15) is 11.6 Å². The summed E-state index contributed by atoms with van der Waals surface area (Å²) in [6, 6.07) is 6.14. The van der Waals surface area contributed by atoms with Crippen molar-refractivity contribution in [2.75, 3.05) is 26.4 Å². The van der Waals surface area contributed by atoms with E-state index >= 15 is 0 Å². The first-order valence-electron chi connectivity index (χ1n) is 6.36. The number of halogens is 1. The van der Waals surface area contributed by atoms with Crippen LogP contribution in [0, 0.1) is 11.7 Å². The molecule has 1 saturated carbocycles. The van der Waals surface area contributed by atoms with Crippen molar-refractivity contribution in [3.63, 3.8) is 0 Å². The highest BCUT2D eigenvalue weighted by molar-refractivity contribution is 5.22. The summed E-state index contributed by atoms with van der Waals surface area (Å²) in [5.74, 6) is 0.993. The van der Waals surface area contributed by atoms with Gasteiger partial charge in [0.05, 0.1) is 32.0 Å². The van der Waals surface area contributed by atoms with E-state index in [1.165, 1.54) is 12.1 Å². The molecule has 0 amide bonds. The van der Waals surface area contributed by atoms with Crippen LogP contribution in [0.1, 0.15) is 12.8 Å². The molecule has 2 aliphatic rings. The van der Waals surface area contributed by atoms with Crippen LogP contribution in [-0.4, -0.2) is 32.0 Å². The Morgan fingerprint density at radius 1 is 1.22 bits per heavy atom. The first-order valence-corrected chi connectivity index (χ1v) is 6.36. The summed E-state index contributed by atoms with van der Waals surface area (Å²) in [6.45, 7) is 2.78. The van der Waals surface area contributed by atoms with E-state index in [1.54, 1.807) is 12.1 Å². The van der Waals surface area contributed by atoms with E-state index in [2.05, 4.69) is 0 Å². The van der Waals surface area contributed by atoms with Gasteiger partial charge in [0.25, 0.3) is 0 Å². The minimum atomic E-state index is -0.238. The van der Waals surface area contributed by atoms with Gasteiger partial charge in [0.15, 0.2) is 0 Å². The van der Waals surface area contributed by atoms with Crippen LogP contribution in [0.25, 0.3) is 0 Å². The lowest BCUT2D eigenvalue weighted by Crippen LogP contribution is -2.54. The lowest BCUT2D eigenvalue weighted by molar-refractivity contribution is -0.212. The first kappa shape index (κ1) is 11.9. The van der Waals surface area contributed by atoms with Crippen molar-refractivity contribution in [3.05, 3.63) is 30.1 Å². The topological polar surface area (TPSA) is 27.7 Å². The fourth-order valence-electron chi connectivity index (χ4n) is 2.71. The lowest BCUT2D eigenvalue weighted by Gasteiger charge is -2.48. The Morgan fingerprint density at radius 2 is 2.00 bits per heavy atom. The second-order valence-corrected chi connectivity index (χ2v) is 5.12. The Labute approximate surface area is 106 Å². The van der Waals surface area contributed by atoms with Crippen LogP contribution in [0.2, 0.25) is 0 Å². The van der Waals surface area contributed by atoms with Gasteiger partial charge in [-0.15, -0.1) is 0 Å². The predicted molar refractivity (Wildman–Crippen MR) is 64.1 cm³/mol. The minimum absolute atomic E-state index is 0.0466. The smallest absolute Gasteiger partial charge is 0.123 e. The zero-order chi connectivity index (χ0) is 12.4. The van der Waals surface area contributed by atoms with Gasteiger partial charge in [-0.2, -0.15) is 0 Å². The Morgan fingerprint density at radius 3 is 2.67 bits per heavy atom. The van der Waals surface area contributed by atoms with Crippen LogP contribution in [0.3, 0.4) is 0 Å². The molecule has 0 bridgehead atoms. The first-order chi connectivity index (χ1) is 8.76. The van der Waals surface area contributed by atoms with Crippen molar-refractivity contribution in [2.24, 2.45) is 5.92 Å². The van der Waals surface area contributed by atoms with Crippen LogP contribution in [0.4, 0.5) is 4.39 Å². The molecule has 0 unspecified atom stereocenters. The average Bonchev–Trinajstić information content (AvgIpc) is 2.37. The Balaban J connectivity index is 1.44. The lowest BCUT2D eigenvalue weighted by atomic mass is 9.71. The summed E-state index contributed by atoms with van der Waals surface area (Å²) >= 11 is 0. The third-order valence-electron chi connectivity index (χ3n) is 3.62. The molecule has 0 N–H and O–H groups in total. The molecular formula is C14H17FO3. The van der Waals surface area contributed by atoms with Gasteiger partial charge in [0.2, 0.25) is 0 Å². The molecular weight excluding hydrogens is 235 g/mol. The molecule has 98 valence electrons. The van der Waals surface area contributed by atoms with Gasteiger partial charge < -0.3 is 14.2 Å². The van der Waals surface area contributed by atoms with Gasteiger partial charge in [-0.25, -0.2) is 4.39 Å². The molecule has 1 spiro atoms. The molecule has 1 aromatic carbocycles. The monoisotopic (exact) mass is 252 g/mol. The highest BCUT2D eigenvalue weighted by atomic mass is 19.1. The number of benzene rings is 1. The van der Waals surface area contributed by atoms with Gasteiger partial charge in [-0.3, -0.25) is 0 Å². The van der Waals surface area contributed by atoms with E-state index in [0.29, 0.717) is 32.3 Å². The van der Waals surface area contributed by atoms with Crippen molar-refractivity contribution in [3.8, 4) is 5.75 Å². The van der Waals surface area contributed by atoms with Crippen molar-refractivity contribution in [1.82, 2.24) is 0 Å². The van der Waals surface area contributed by atoms with E-state index in [4.69, 9.17) is 14.2 Å². The van der Waals surface area contributed by atoms with Crippen LogP contribution in [-0.2, 0) is 9.47 Å². The maximum absolute atomic E-state index is 12.7. The predicted octanol–water partition coefficient (Wildman–Crippen LogP) is 2.40. The second kappa shape index (κ2) is 4.86. The van der Waals surface area contributed by atoms with Crippen LogP contribution in [0.5, 0.6) is 5.75 Å². The van der Waals surface area contributed by atoms with Crippen molar-refractivity contribution in [1.29, 1.82) is 0 Å². The molecule has 4 heteroatoms. The Kier molecular flexibility index (Phi) is 3.22. The van der Waals surface area contributed by atoms with Crippen LogP contribution in [0.15, 0.2) is 24.3 Å². The number of rotatable bonds is 3. The Bertz CT molecular complexity index is 390. The van der Waals surface area contributed by atoms with Gasteiger partial charge in [-0.1, -0.05) is 0 Å². The Hall–Kier alpha value is -1.13. The van der Waals surface area contributed by atoms with E-state index < -0.39 is 0 Å². The van der Waals surface area contributed by atoms with Crippen LogP contribution >= 0.6 is 0 Å². The fraction of sp³-hybridized carbons (Fsp3) is 0.571. The van der Waals surface area contributed by atoms with E-state index in [9.17, 15) is 4.39 Å². The summed E-state index contributed by atoms with van der Waals surface area (Å²) in [5.41, 5.74) is -0.0466. The molecule has 0 aromatic heterocycles. The molecule has 0 atom stereocenters. The van der Waals surface area contributed by atoms with E-state index in [-0.39, 0.29) is 11.4 Å². The summed E-state index contributed by atoms with van der Waals surface area (Å²) in [4.78, 5) is 0. The van der Waals surface area contributed by atoms with Crippen molar-refractivity contribution in [2.45, 2.75) is 18.4 Å². The van der Waals surface area contributed by atoms with Gasteiger partial charge in [0, 0.05) is 0 Å². The molecule has 3 nitrogen and oxygen atoms in total. The summed E-state index contributed by atoms with van der Waals surface area (Å²) in [5, 5.41) is 0. The molecule has 1 heterocycles. The molecule has 0 radical (unpaired) electrons. The quantitative estimate of drug-likeness (QED) is 0.826. The normalized spacial score (nSPS) is 31.1. The largest absolute Gasteiger partial charge is 0.493 e. The molecule has 1 aliphatic heterocycles. The zero-order valence-electron chi connectivity index (χ0n) is 10.2. The third-order valence-corrected chi connectivity index (χ3v) is 3.62. The second-order valence-electron chi connectivity index (χ2n) is 5.12. The highest BCUT2D eigenvalue weighted by Gasteiger charge is 2.47. The summed E-state index contributed by atoms with van der Waals surface area (Å²) in [6.07, 6.45) is 1.99. The molecule has 2 fully saturated rings. The SMILES string of the molecule is Fc1ccc(OCC2CC3(COCCO3)C2)cc1. The van der Waals surface area contributed by atoms with E-state index in [0.717, 1.165) is 18.6 Å². The molecule has 1 saturated heterocycles. The molecule has 3 rings (SSSR count). The van der Waals surface area contributed by atoms with Crippen LogP contribution < -0.4 is 4.74 Å². The van der Waals surface area contributed by atoms with Gasteiger partial charge >= 0.3 is 0 Å².